The summed E-state index contributed by atoms with van der Waals surface area (Å²) in [6, 6.07) is 8.27. The molecule has 6 nitrogen and oxygen atoms in total. The number of aromatic nitrogens is 2. The first-order valence-electron chi connectivity index (χ1n) is 11.6. The topological polar surface area (TPSA) is 56.7 Å². The number of aryl methyl sites for hydroxylation is 1. The lowest BCUT2D eigenvalue weighted by molar-refractivity contribution is 0.0330. The monoisotopic (exact) mass is 453 g/mol. The summed E-state index contributed by atoms with van der Waals surface area (Å²) in [4.78, 5) is 14.8. The van der Waals surface area contributed by atoms with Crippen LogP contribution in [0.15, 0.2) is 24.3 Å². The lowest BCUT2D eigenvalue weighted by Gasteiger charge is -2.25. The van der Waals surface area contributed by atoms with E-state index in [1.54, 1.807) is 7.11 Å². The predicted octanol–water partition coefficient (Wildman–Crippen LogP) is 4.63. The van der Waals surface area contributed by atoms with Gasteiger partial charge in [-0.3, -0.25) is 4.90 Å². The third kappa shape index (κ3) is 4.81. The lowest BCUT2D eigenvalue weighted by atomic mass is 9.89. The molecule has 3 aromatic rings. The van der Waals surface area contributed by atoms with E-state index in [0.717, 1.165) is 86.4 Å². The summed E-state index contributed by atoms with van der Waals surface area (Å²) < 4.78 is 17.1. The Hall–Kier alpha value is -2.06. The Kier molecular flexibility index (Phi) is 6.69. The third-order valence-corrected chi connectivity index (χ3v) is 7.52. The number of thiophene rings is 1. The molecule has 0 bridgehead atoms. The van der Waals surface area contributed by atoms with E-state index < -0.39 is 0 Å². The van der Waals surface area contributed by atoms with E-state index in [1.807, 2.05) is 23.5 Å². The van der Waals surface area contributed by atoms with Crippen molar-refractivity contribution in [1.82, 2.24) is 14.9 Å². The van der Waals surface area contributed by atoms with Crippen molar-refractivity contribution in [3.8, 4) is 11.6 Å². The van der Waals surface area contributed by atoms with Crippen LogP contribution in [0.3, 0.4) is 0 Å². The van der Waals surface area contributed by atoms with Crippen molar-refractivity contribution in [1.29, 1.82) is 0 Å². The Bertz CT molecular complexity index is 1060. The van der Waals surface area contributed by atoms with E-state index in [9.17, 15) is 0 Å². The van der Waals surface area contributed by atoms with Crippen LogP contribution in [0.25, 0.3) is 10.2 Å². The maximum Gasteiger partial charge on any atom is 0.231 e. The molecular weight excluding hydrogens is 422 g/mol. The average Bonchev–Trinajstić information content (AvgIpc) is 3.16. The number of rotatable bonds is 7. The van der Waals surface area contributed by atoms with E-state index in [2.05, 4.69) is 24.0 Å². The Labute approximate surface area is 193 Å². The van der Waals surface area contributed by atoms with Gasteiger partial charge in [-0.2, -0.15) is 4.98 Å². The van der Waals surface area contributed by atoms with Crippen molar-refractivity contribution in [2.75, 3.05) is 40.0 Å². The molecule has 32 heavy (non-hydrogen) atoms. The minimum absolute atomic E-state index is 0.704. The number of hydrogen-bond donors (Lipinski definition) is 0. The Morgan fingerprint density at radius 1 is 1.16 bits per heavy atom. The first-order chi connectivity index (χ1) is 15.7. The van der Waals surface area contributed by atoms with Crippen LogP contribution in [0.4, 0.5) is 0 Å². The van der Waals surface area contributed by atoms with Gasteiger partial charge in [0.1, 0.15) is 16.4 Å². The molecule has 1 aromatic carbocycles. The molecule has 0 unspecified atom stereocenters. The summed E-state index contributed by atoms with van der Waals surface area (Å²) in [5, 5.41) is 1.12. The van der Waals surface area contributed by atoms with E-state index in [-0.39, 0.29) is 0 Å². The van der Waals surface area contributed by atoms with E-state index in [4.69, 9.17) is 24.2 Å². The highest BCUT2D eigenvalue weighted by Crippen LogP contribution is 2.42. The molecule has 1 aliphatic heterocycles. The Morgan fingerprint density at radius 2 is 1.97 bits per heavy atom. The zero-order valence-corrected chi connectivity index (χ0v) is 19.7. The molecule has 1 atom stereocenters. The molecule has 1 aliphatic carbocycles. The number of morpholine rings is 1. The second-order valence-corrected chi connectivity index (χ2v) is 9.94. The van der Waals surface area contributed by atoms with Crippen molar-refractivity contribution in [3.63, 3.8) is 0 Å². The van der Waals surface area contributed by atoms with Gasteiger partial charge >= 0.3 is 0 Å². The van der Waals surface area contributed by atoms with Crippen molar-refractivity contribution < 1.29 is 14.2 Å². The van der Waals surface area contributed by atoms with Gasteiger partial charge in [0.25, 0.3) is 0 Å². The number of benzene rings is 1. The van der Waals surface area contributed by atoms with Crippen LogP contribution >= 0.6 is 11.3 Å². The minimum atomic E-state index is 0.704. The molecule has 0 radical (unpaired) electrons. The normalized spacial score (nSPS) is 19.2. The first kappa shape index (κ1) is 21.8. The van der Waals surface area contributed by atoms with Gasteiger partial charge in [-0.15, -0.1) is 11.3 Å². The van der Waals surface area contributed by atoms with Crippen LogP contribution in [-0.4, -0.2) is 54.9 Å². The maximum atomic E-state index is 6.41. The minimum Gasteiger partial charge on any atom is -0.438 e. The highest BCUT2D eigenvalue weighted by Gasteiger charge is 2.25. The standard InChI is InChI=1S/C25H31N3O3S/c1-17-3-8-20-21(15-17)32-25-23(20)24(26-22(27-25)16-28-10-13-30-14-11-28)31-19-6-4-18(5-7-19)9-12-29-2/h4-7,17H,3,8-16H2,1-2H3/t17-/m0/s1. The largest absolute Gasteiger partial charge is 0.438 e. The highest BCUT2D eigenvalue weighted by molar-refractivity contribution is 7.18. The second kappa shape index (κ2) is 9.83. The fourth-order valence-electron chi connectivity index (χ4n) is 4.51. The van der Waals surface area contributed by atoms with Crippen molar-refractivity contribution in [2.45, 2.75) is 39.2 Å². The fourth-order valence-corrected chi connectivity index (χ4v) is 5.90. The molecule has 3 heterocycles. The summed E-state index contributed by atoms with van der Waals surface area (Å²) in [7, 11) is 1.73. The van der Waals surface area contributed by atoms with Crippen LogP contribution in [0.1, 0.15) is 35.2 Å². The quantitative estimate of drug-likeness (QED) is 0.520. The molecule has 0 saturated carbocycles. The Balaban J connectivity index is 1.48. The summed E-state index contributed by atoms with van der Waals surface area (Å²) in [5.74, 6) is 3.07. The van der Waals surface area contributed by atoms with Gasteiger partial charge in [0.2, 0.25) is 5.88 Å². The van der Waals surface area contributed by atoms with E-state index in [1.165, 1.54) is 22.4 Å². The molecule has 1 saturated heterocycles. The van der Waals surface area contributed by atoms with Crippen molar-refractivity contribution in [3.05, 3.63) is 46.1 Å². The summed E-state index contributed by atoms with van der Waals surface area (Å²) in [6.07, 6.45) is 4.31. The molecule has 0 amide bonds. The number of fused-ring (bicyclic) bond motifs is 3. The second-order valence-electron chi connectivity index (χ2n) is 8.85. The van der Waals surface area contributed by atoms with Gasteiger partial charge in [0, 0.05) is 25.1 Å². The van der Waals surface area contributed by atoms with E-state index in [0.29, 0.717) is 5.88 Å². The fraction of sp³-hybridized carbons (Fsp3) is 0.520. The molecular formula is C25H31N3O3S. The van der Waals surface area contributed by atoms with Crippen molar-refractivity contribution >= 4 is 21.6 Å². The van der Waals surface area contributed by atoms with Gasteiger partial charge in [0.05, 0.1) is 31.8 Å². The van der Waals surface area contributed by atoms with Crippen molar-refractivity contribution in [2.24, 2.45) is 5.92 Å². The number of methoxy groups -OCH3 is 1. The van der Waals surface area contributed by atoms with Crippen LogP contribution in [-0.2, 0) is 35.3 Å². The molecule has 2 aromatic heterocycles. The van der Waals surface area contributed by atoms with Gasteiger partial charge in [-0.05, 0) is 54.9 Å². The number of nitrogens with zero attached hydrogens (tertiary/aromatic N) is 3. The zero-order chi connectivity index (χ0) is 21.9. The third-order valence-electron chi connectivity index (χ3n) is 6.37. The molecule has 0 N–H and O–H groups in total. The van der Waals surface area contributed by atoms with Crippen LogP contribution in [0.2, 0.25) is 0 Å². The molecule has 2 aliphatic rings. The summed E-state index contributed by atoms with van der Waals surface area (Å²) in [5.41, 5.74) is 2.63. The smallest absolute Gasteiger partial charge is 0.231 e. The zero-order valence-electron chi connectivity index (χ0n) is 18.9. The van der Waals surface area contributed by atoms with Crippen LogP contribution in [0.5, 0.6) is 11.6 Å². The molecule has 1 fully saturated rings. The lowest BCUT2D eigenvalue weighted by Crippen LogP contribution is -2.36. The molecule has 170 valence electrons. The number of ether oxygens (including phenoxy) is 3. The first-order valence-corrected chi connectivity index (χ1v) is 12.4. The SMILES string of the molecule is COCCc1ccc(Oc2nc(CN3CCOCC3)nc3sc4c(c23)CC[C@H](C)C4)cc1. The Morgan fingerprint density at radius 3 is 2.75 bits per heavy atom. The summed E-state index contributed by atoms with van der Waals surface area (Å²) >= 11 is 1.83. The van der Waals surface area contributed by atoms with Gasteiger partial charge in [-0.25, -0.2) is 4.98 Å². The van der Waals surface area contributed by atoms with Gasteiger partial charge in [0.15, 0.2) is 0 Å². The van der Waals surface area contributed by atoms with Crippen LogP contribution in [0, 0.1) is 5.92 Å². The summed E-state index contributed by atoms with van der Waals surface area (Å²) in [6.45, 7) is 7.16. The average molecular weight is 454 g/mol. The maximum absolute atomic E-state index is 6.41. The number of hydrogen-bond acceptors (Lipinski definition) is 7. The van der Waals surface area contributed by atoms with Gasteiger partial charge in [-0.1, -0.05) is 19.1 Å². The molecule has 7 heteroatoms. The van der Waals surface area contributed by atoms with Gasteiger partial charge < -0.3 is 14.2 Å². The molecule has 5 rings (SSSR count). The predicted molar refractivity (Wildman–Crippen MR) is 127 cm³/mol. The van der Waals surface area contributed by atoms with Crippen LogP contribution < -0.4 is 4.74 Å². The molecule has 0 spiro atoms. The van der Waals surface area contributed by atoms with E-state index >= 15 is 0 Å². The highest BCUT2D eigenvalue weighted by atomic mass is 32.1.